The van der Waals surface area contributed by atoms with Gasteiger partial charge in [0.15, 0.2) is 5.78 Å². The van der Waals surface area contributed by atoms with Gasteiger partial charge in [-0.05, 0) is 39.8 Å². The van der Waals surface area contributed by atoms with Crippen LogP contribution in [0.25, 0.3) is 11.0 Å². The molecule has 0 aliphatic carbocycles. The number of rotatable bonds is 6. The Hall–Kier alpha value is -4.26. The Balaban J connectivity index is 1.61. The molecule has 0 saturated carbocycles. The van der Waals surface area contributed by atoms with Crippen molar-refractivity contribution in [2.24, 2.45) is 0 Å². The number of carbonyl (C=O) groups excluding carboxylic acids is 2. The van der Waals surface area contributed by atoms with Gasteiger partial charge in [-0.25, -0.2) is 9.78 Å². The van der Waals surface area contributed by atoms with E-state index in [2.05, 4.69) is 21.7 Å². The first-order valence-electron chi connectivity index (χ1n) is 12.5. The first-order chi connectivity index (χ1) is 18.1. The molecule has 200 valence electrons. The highest BCUT2D eigenvalue weighted by Gasteiger charge is 2.28. The molecule has 1 aromatic carbocycles. The van der Waals surface area contributed by atoms with Crippen molar-refractivity contribution in [3.05, 3.63) is 52.6 Å². The van der Waals surface area contributed by atoms with E-state index in [1.807, 2.05) is 31.4 Å². The fourth-order valence-corrected chi connectivity index (χ4v) is 4.35. The molecule has 0 N–H and O–H groups in total. The van der Waals surface area contributed by atoms with Gasteiger partial charge in [-0.1, -0.05) is 18.1 Å². The summed E-state index contributed by atoms with van der Waals surface area (Å²) in [4.78, 5) is 47.3. The summed E-state index contributed by atoms with van der Waals surface area (Å²) in [5.41, 5.74) is 0.495. The van der Waals surface area contributed by atoms with Gasteiger partial charge in [-0.3, -0.25) is 14.2 Å². The predicted molar refractivity (Wildman–Crippen MR) is 145 cm³/mol. The van der Waals surface area contributed by atoms with Gasteiger partial charge in [0.2, 0.25) is 0 Å². The lowest BCUT2D eigenvalue weighted by atomic mass is 10.1. The average molecular weight is 520 g/mol. The molecule has 4 rings (SSSR count). The first kappa shape index (κ1) is 26.8. The SMILES string of the molecule is CC#CCn1c(N2CCN(C(=O)OC(C)(C)C)CC2)cc2ncn(CC(=O)c3cccc(OC)c3)c(=O)c21. The molecule has 1 saturated heterocycles. The molecule has 10 heteroatoms. The molecule has 2 aromatic heterocycles. The standard InChI is InChI=1S/C28H33N5O5/c1-6-7-11-33-24(30-12-14-31(15-13-30)27(36)38-28(2,3)4)17-22-25(33)26(35)32(19-29-22)18-23(34)20-9-8-10-21(16-20)37-5/h8-10,16-17,19H,11-15,18H2,1-5H3. The molecule has 1 aliphatic heterocycles. The maximum Gasteiger partial charge on any atom is 0.410 e. The quantitative estimate of drug-likeness (QED) is 0.364. The number of benzene rings is 1. The van der Waals surface area contributed by atoms with E-state index in [1.54, 1.807) is 36.1 Å². The number of Topliss-reactive ketones (excluding diaryl/α,β-unsaturated/α-hetero) is 1. The fraction of sp³-hybridized carbons (Fsp3) is 0.429. The monoisotopic (exact) mass is 519 g/mol. The van der Waals surface area contributed by atoms with Crippen LogP contribution >= 0.6 is 0 Å². The number of fused-ring (bicyclic) bond motifs is 1. The molecule has 0 atom stereocenters. The van der Waals surface area contributed by atoms with Gasteiger partial charge in [-0.15, -0.1) is 5.92 Å². The van der Waals surface area contributed by atoms with E-state index in [0.717, 1.165) is 5.82 Å². The zero-order valence-corrected chi connectivity index (χ0v) is 22.5. The lowest BCUT2D eigenvalue weighted by molar-refractivity contribution is 0.0240. The van der Waals surface area contributed by atoms with Crippen LogP contribution in [-0.4, -0.2) is 69.8 Å². The van der Waals surface area contributed by atoms with Gasteiger partial charge in [0.05, 0.1) is 32.0 Å². The number of nitrogens with zero attached hydrogens (tertiary/aromatic N) is 5. The summed E-state index contributed by atoms with van der Waals surface area (Å²) in [5.74, 6) is 7.08. The molecule has 0 spiro atoms. The minimum atomic E-state index is -0.557. The van der Waals surface area contributed by atoms with Gasteiger partial charge in [0.25, 0.3) is 5.56 Å². The Morgan fingerprint density at radius 3 is 2.50 bits per heavy atom. The van der Waals surface area contributed by atoms with Crippen LogP contribution in [0.5, 0.6) is 5.75 Å². The minimum Gasteiger partial charge on any atom is -0.497 e. The lowest BCUT2D eigenvalue weighted by Crippen LogP contribution is -2.50. The molecule has 1 aliphatic rings. The highest BCUT2D eigenvalue weighted by Crippen LogP contribution is 2.25. The summed E-state index contributed by atoms with van der Waals surface area (Å²) in [6, 6.07) is 8.70. The number of methoxy groups -OCH3 is 1. The number of piperazine rings is 1. The normalized spacial score (nSPS) is 13.7. The van der Waals surface area contributed by atoms with Gasteiger partial charge in [-0.2, -0.15) is 0 Å². The summed E-state index contributed by atoms with van der Waals surface area (Å²) in [5, 5.41) is 0. The van der Waals surface area contributed by atoms with Crippen molar-refractivity contribution in [1.82, 2.24) is 19.0 Å². The molecular formula is C28H33N5O5. The van der Waals surface area contributed by atoms with Crippen LogP contribution in [0.4, 0.5) is 10.6 Å². The summed E-state index contributed by atoms with van der Waals surface area (Å²) in [7, 11) is 1.54. The van der Waals surface area contributed by atoms with E-state index in [9.17, 15) is 14.4 Å². The summed E-state index contributed by atoms with van der Waals surface area (Å²) < 4.78 is 13.9. The number of amides is 1. The molecule has 3 heterocycles. The van der Waals surface area contributed by atoms with Gasteiger partial charge >= 0.3 is 6.09 Å². The molecule has 0 unspecified atom stereocenters. The van der Waals surface area contributed by atoms with E-state index < -0.39 is 5.60 Å². The zero-order chi connectivity index (χ0) is 27.4. The van der Waals surface area contributed by atoms with Crippen LogP contribution in [0.2, 0.25) is 0 Å². The molecule has 0 radical (unpaired) electrons. The Kier molecular flexibility index (Phi) is 7.76. The van der Waals surface area contributed by atoms with E-state index >= 15 is 0 Å². The molecule has 1 amide bonds. The second-order valence-corrected chi connectivity index (χ2v) is 10.0. The number of carbonyl (C=O) groups is 2. The van der Waals surface area contributed by atoms with Crippen LogP contribution in [0.3, 0.4) is 0 Å². The van der Waals surface area contributed by atoms with Crippen molar-refractivity contribution in [3.8, 4) is 17.6 Å². The van der Waals surface area contributed by atoms with Gasteiger partial charge < -0.3 is 23.8 Å². The van der Waals surface area contributed by atoms with Crippen molar-refractivity contribution in [3.63, 3.8) is 0 Å². The summed E-state index contributed by atoms with van der Waals surface area (Å²) in [6.07, 6.45) is 1.07. The Morgan fingerprint density at radius 2 is 1.84 bits per heavy atom. The topological polar surface area (TPSA) is 98.9 Å². The molecular weight excluding hydrogens is 486 g/mol. The second kappa shape index (κ2) is 11.0. The highest BCUT2D eigenvalue weighted by atomic mass is 16.6. The van der Waals surface area contributed by atoms with Crippen LogP contribution < -0.4 is 15.2 Å². The largest absolute Gasteiger partial charge is 0.497 e. The molecule has 1 fully saturated rings. The maximum absolute atomic E-state index is 13.6. The highest BCUT2D eigenvalue weighted by molar-refractivity contribution is 5.96. The zero-order valence-electron chi connectivity index (χ0n) is 22.5. The molecule has 38 heavy (non-hydrogen) atoms. The van der Waals surface area contributed by atoms with Crippen LogP contribution in [0, 0.1) is 11.8 Å². The Morgan fingerprint density at radius 1 is 1.11 bits per heavy atom. The predicted octanol–water partition coefficient (Wildman–Crippen LogP) is 3.17. The number of aromatic nitrogens is 3. The number of ether oxygens (including phenoxy) is 2. The van der Waals surface area contributed by atoms with Gasteiger partial charge in [0, 0.05) is 37.8 Å². The smallest absolute Gasteiger partial charge is 0.410 e. The van der Waals surface area contributed by atoms with E-state index in [0.29, 0.717) is 55.1 Å². The van der Waals surface area contributed by atoms with E-state index in [1.165, 1.54) is 18.0 Å². The third kappa shape index (κ3) is 5.83. The third-order valence-corrected chi connectivity index (χ3v) is 6.23. The van der Waals surface area contributed by atoms with Crippen molar-refractivity contribution in [2.45, 2.75) is 46.4 Å². The second-order valence-electron chi connectivity index (χ2n) is 10.0. The molecule has 10 nitrogen and oxygen atoms in total. The van der Waals surface area contributed by atoms with Crippen LogP contribution in [0.1, 0.15) is 38.1 Å². The number of hydrogen-bond acceptors (Lipinski definition) is 7. The van der Waals surface area contributed by atoms with E-state index in [-0.39, 0.29) is 24.0 Å². The minimum absolute atomic E-state index is 0.149. The average Bonchev–Trinajstić information content (AvgIpc) is 3.27. The molecule has 0 bridgehead atoms. The van der Waals surface area contributed by atoms with Crippen LogP contribution in [-0.2, 0) is 17.8 Å². The number of anilines is 1. The van der Waals surface area contributed by atoms with Crippen molar-refractivity contribution >= 4 is 28.7 Å². The Bertz CT molecular complexity index is 1460. The fourth-order valence-electron chi connectivity index (χ4n) is 4.35. The molecule has 3 aromatic rings. The number of hydrogen-bond donors (Lipinski definition) is 0. The summed E-state index contributed by atoms with van der Waals surface area (Å²) in [6.45, 7) is 9.54. The van der Waals surface area contributed by atoms with E-state index in [4.69, 9.17) is 9.47 Å². The maximum atomic E-state index is 13.6. The van der Waals surface area contributed by atoms with Crippen molar-refractivity contribution in [1.29, 1.82) is 0 Å². The van der Waals surface area contributed by atoms with Crippen LogP contribution in [0.15, 0.2) is 41.5 Å². The lowest BCUT2D eigenvalue weighted by Gasteiger charge is -2.36. The third-order valence-electron chi connectivity index (χ3n) is 6.23. The van der Waals surface area contributed by atoms with Gasteiger partial charge in [0.1, 0.15) is 22.7 Å². The first-order valence-corrected chi connectivity index (χ1v) is 12.5. The number of ketones is 1. The van der Waals surface area contributed by atoms with Crippen molar-refractivity contribution < 1.29 is 19.1 Å². The Labute approximate surface area is 221 Å². The van der Waals surface area contributed by atoms with Crippen molar-refractivity contribution in [2.75, 3.05) is 38.2 Å². The summed E-state index contributed by atoms with van der Waals surface area (Å²) >= 11 is 0.